The Kier molecular flexibility index (Phi) is 4.92. The van der Waals surface area contributed by atoms with E-state index in [9.17, 15) is 8.42 Å². The summed E-state index contributed by atoms with van der Waals surface area (Å²) in [5.74, 6) is 1.46. The molecule has 3 N–H and O–H groups in total. The maximum Gasteiger partial charge on any atom is 0.238 e. The number of nitrogens with two attached hydrogens (primary N) is 1. The van der Waals surface area contributed by atoms with Crippen molar-refractivity contribution in [2.24, 2.45) is 5.14 Å². The molecule has 0 radical (unpaired) electrons. The largest absolute Gasteiger partial charge is 0.366 e. The Morgan fingerprint density at radius 2 is 1.90 bits per heavy atom. The molecular formula is C13H15BrN4O2S. The van der Waals surface area contributed by atoms with Gasteiger partial charge in [0.2, 0.25) is 10.0 Å². The van der Waals surface area contributed by atoms with Crippen LogP contribution in [0.3, 0.4) is 0 Å². The molecule has 0 saturated heterocycles. The molecule has 1 aromatic carbocycles. The van der Waals surface area contributed by atoms with E-state index in [-0.39, 0.29) is 4.90 Å². The second kappa shape index (κ2) is 6.50. The van der Waals surface area contributed by atoms with E-state index in [1.807, 2.05) is 6.92 Å². The fourth-order valence-corrected chi connectivity index (χ4v) is 2.64. The first-order chi connectivity index (χ1) is 9.88. The maximum atomic E-state index is 11.2. The Hall–Kier alpha value is -1.51. The number of nitrogens with one attached hydrogen (secondary N) is 1. The van der Waals surface area contributed by atoms with Crippen LogP contribution in [0.2, 0.25) is 0 Å². The van der Waals surface area contributed by atoms with E-state index in [4.69, 9.17) is 5.14 Å². The van der Waals surface area contributed by atoms with E-state index in [1.54, 1.807) is 18.2 Å². The Morgan fingerprint density at radius 1 is 1.24 bits per heavy atom. The van der Waals surface area contributed by atoms with Crippen LogP contribution in [-0.2, 0) is 23.0 Å². The quantitative estimate of drug-likeness (QED) is 0.784. The number of hydrogen-bond donors (Lipinski definition) is 2. The summed E-state index contributed by atoms with van der Waals surface area (Å²) in [6.45, 7) is 2.51. The van der Waals surface area contributed by atoms with Crippen molar-refractivity contribution in [2.45, 2.75) is 24.8 Å². The minimum Gasteiger partial charge on any atom is -0.366 e. The van der Waals surface area contributed by atoms with Gasteiger partial charge in [0.25, 0.3) is 0 Å². The highest BCUT2D eigenvalue weighted by Crippen LogP contribution is 2.14. The molecule has 0 aliphatic rings. The highest BCUT2D eigenvalue weighted by atomic mass is 79.9. The standard InChI is InChI=1S/C13H15BrN4O2S/c1-2-12-17-11(14)7-13(18-12)16-8-9-3-5-10(6-4-9)21(15,19)20/h3-7H,2,8H2,1H3,(H2,15,19,20)(H,16,17,18). The lowest BCUT2D eigenvalue weighted by Gasteiger charge is -2.08. The van der Waals surface area contributed by atoms with Crippen LogP contribution in [0, 0.1) is 0 Å². The SMILES string of the molecule is CCc1nc(Br)cc(NCc2ccc(S(N)(=O)=O)cc2)n1. The molecule has 0 amide bonds. The van der Waals surface area contributed by atoms with Gasteiger partial charge < -0.3 is 5.32 Å². The van der Waals surface area contributed by atoms with E-state index in [0.29, 0.717) is 12.4 Å². The number of primary sulfonamides is 1. The minimum absolute atomic E-state index is 0.101. The second-order valence-corrected chi connectivity index (χ2v) is 6.76. The first kappa shape index (κ1) is 15.9. The third kappa shape index (κ3) is 4.48. The van der Waals surface area contributed by atoms with Crippen LogP contribution in [0.4, 0.5) is 5.82 Å². The molecule has 0 spiro atoms. The molecule has 2 aromatic rings. The second-order valence-electron chi connectivity index (χ2n) is 4.39. The molecule has 2 rings (SSSR count). The number of sulfonamides is 1. The third-order valence-corrected chi connectivity index (χ3v) is 4.12. The van der Waals surface area contributed by atoms with Crippen molar-refractivity contribution in [2.75, 3.05) is 5.32 Å². The van der Waals surface area contributed by atoms with Gasteiger partial charge in [-0.1, -0.05) is 19.1 Å². The van der Waals surface area contributed by atoms with Gasteiger partial charge in [0.15, 0.2) is 0 Å². The van der Waals surface area contributed by atoms with E-state index in [2.05, 4.69) is 31.2 Å². The Labute approximate surface area is 132 Å². The zero-order chi connectivity index (χ0) is 15.5. The zero-order valence-electron chi connectivity index (χ0n) is 11.4. The number of hydrogen-bond acceptors (Lipinski definition) is 5. The Morgan fingerprint density at radius 3 is 2.48 bits per heavy atom. The lowest BCUT2D eigenvalue weighted by atomic mass is 10.2. The number of nitrogens with zero attached hydrogens (tertiary/aromatic N) is 2. The average Bonchev–Trinajstić information content (AvgIpc) is 2.44. The molecule has 0 bridgehead atoms. The summed E-state index contributed by atoms with van der Waals surface area (Å²) < 4.78 is 23.1. The highest BCUT2D eigenvalue weighted by Gasteiger charge is 2.07. The summed E-state index contributed by atoms with van der Waals surface area (Å²) in [7, 11) is -3.65. The van der Waals surface area contributed by atoms with Crippen molar-refractivity contribution < 1.29 is 8.42 Å². The number of halogens is 1. The molecule has 0 aliphatic heterocycles. The van der Waals surface area contributed by atoms with Crippen LogP contribution in [0.5, 0.6) is 0 Å². The summed E-state index contributed by atoms with van der Waals surface area (Å²) in [4.78, 5) is 8.69. The van der Waals surface area contributed by atoms with E-state index in [0.717, 1.165) is 22.4 Å². The van der Waals surface area contributed by atoms with Crippen LogP contribution >= 0.6 is 15.9 Å². The Balaban J connectivity index is 2.08. The zero-order valence-corrected chi connectivity index (χ0v) is 13.8. The summed E-state index contributed by atoms with van der Waals surface area (Å²) in [6, 6.07) is 8.19. The Bertz CT molecular complexity index is 732. The van der Waals surface area contributed by atoms with Crippen molar-refractivity contribution in [1.82, 2.24) is 9.97 Å². The lowest BCUT2D eigenvalue weighted by molar-refractivity contribution is 0.598. The van der Waals surface area contributed by atoms with E-state index in [1.165, 1.54) is 12.1 Å². The summed E-state index contributed by atoms with van der Waals surface area (Å²) in [5, 5.41) is 8.23. The van der Waals surface area contributed by atoms with Crippen LogP contribution in [0.25, 0.3) is 0 Å². The predicted octanol–water partition coefficient (Wildman–Crippen LogP) is 2.06. The predicted molar refractivity (Wildman–Crippen MR) is 84.3 cm³/mol. The number of anilines is 1. The first-order valence-electron chi connectivity index (χ1n) is 6.27. The monoisotopic (exact) mass is 370 g/mol. The van der Waals surface area contributed by atoms with Crippen molar-refractivity contribution in [1.29, 1.82) is 0 Å². The maximum absolute atomic E-state index is 11.2. The molecule has 8 heteroatoms. The van der Waals surface area contributed by atoms with E-state index < -0.39 is 10.0 Å². The fourth-order valence-electron chi connectivity index (χ4n) is 1.70. The molecule has 0 unspecified atom stereocenters. The molecule has 112 valence electrons. The molecule has 6 nitrogen and oxygen atoms in total. The van der Waals surface area contributed by atoms with E-state index >= 15 is 0 Å². The van der Waals surface area contributed by atoms with Gasteiger partial charge in [-0.2, -0.15) is 0 Å². The summed E-state index contributed by atoms with van der Waals surface area (Å²) in [5.41, 5.74) is 0.926. The highest BCUT2D eigenvalue weighted by molar-refractivity contribution is 9.10. The van der Waals surface area contributed by atoms with Crippen molar-refractivity contribution in [3.05, 3.63) is 46.3 Å². The van der Waals surface area contributed by atoms with Crippen LogP contribution in [0.1, 0.15) is 18.3 Å². The van der Waals surface area contributed by atoms with Gasteiger partial charge in [0, 0.05) is 19.0 Å². The fraction of sp³-hybridized carbons (Fsp3) is 0.231. The van der Waals surface area contributed by atoms with Gasteiger partial charge in [-0.3, -0.25) is 0 Å². The van der Waals surface area contributed by atoms with Crippen LogP contribution in [0.15, 0.2) is 39.8 Å². The molecule has 1 aromatic heterocycles. The summed E-state index contributed by atoms with van der Waals surface area (Å²) >= 11 is 3.34. The van der Waals surface area contributed by atoms with Crippen LogP contribution < -0.4 is 10.5 Å². The van der Waals surface area contributed by atoms with Gasteiger partial charge in [0.1, 0.15) is 16.2 Å². The molecule has 1 heterocycles. The normalized spacial score (nSPS) is 11.4. The third-order valence-electron chi connectivity index (χ3n) is 2.78. The van der Waals surface area contributed by atoms with Gasteiger partial charge >= 0.3 is 0 Å². The molecule has 0 fully saturated rings. The minimum atomic E-state index is -3.65. The molecule has 21 heavy (non-hydrogen) atoms. The van der Waals surface area contributed by atoms with Gasteiger partial charge in [-0.15, -0.1) is 0 Å². The van der Waals surface area contributed by atoms with Gasteiger partial charge in [-0.05, 0) is 33.6 Å². The number of rotatable bonds is 5. The topological polar surface area (TPSA) is 98.0 Å². The number of benzene rings is 1. The molecular weight excluding hydrogens is 356 g/mol. The molecule has 0 aliphatic carbocycles. The van der Waals surface area contributed by atoms with Gasteiger partial charge in [-0.25, -0.2) is 23.5 Å². The number of aromatic nitrogens is 2. The van der Waals surface area contributed by atoms with Crippen LogP contribution in [-0.4, -0.2) is 18.4 Å². The first-order valence-corrected chi connectivity index (χ1v) is 8.61. The lowest BCUT2D eigenvalue weighted by Crippen LogP contribution is -2.12. The van der Waals surface area contributed by atoms with Crippen molar-refractivity contribution in [3.63, 3.8) is 0 Å². The van der Waals surface area contributed by atoms with Crippen molar-refractivity contribution >= 4 is 31.8 Å². The van der Waals surface area contributed by atoms with Crippen molar-refractivity contribution in [3.8, 4) is 0 Å². The average molecular weight is 371 g/mol. The molecule has 0 atom stereocenters. The van der Waals surface area contributed by atoms with Gasteiger partial charge in [0.05, 0.1) is 4.90 Å². The number of aryl methyl sites for hydroxylation is 1. The summed E-state index contributed by atoms with van der Waals surface area (Å²) in [6.07, 6.45) is 0.747. The molecule has 0 saturated carbocycles. The smallest absolute Gasteiger partial charge is 0.238 e.